The van der Waals surface area contributed by atoms with Gasteiger partial charge in [-0.25, -0.2) is 4.39 Å². The Morgan fingerprint density at radius 3 is 2.68 bits per heavy atom. The topological polar surface area (TPSA) is 79.5 Å². The molecule has 2 aromatic carbocycles. The predicted molar refractivity (Wildman–Crippen MR) is 99.1 cm³/mol. The van der Waals surface area contributed by atoms with Gasteiger partial charge < -0.3 is 14.5 Å². The van der Waals surface area contributed by atoms with Crippen LogP contribution < -0.4 is 0 Å². The Hall–Kier alpha value is -3.06. The molecule has 1 N–H and O–H groups in total. The van der Waals surface area contributed by atoms with Crippen molar-refractivity contribution < 1.29 is 18.8 Å². The van der Waals surface area contributed by atoms with Crippen molar-refractivity contribution in [2.24, 2.45) is 0 Å². The lowest BCUT2D eigenvalue weighted by molar-refractivity contribution is 0.0703. The van der Waals surface area contributed by atoms with Crippen molar-refractivity contribution in [3.63, 3.8) is 0 Å². The van der Waals surface area contributed by atoms with Crippen molar-refractivity contribution in [3.05, 3.63) is 83.3 Å². The van der Waals surface area contributed by atoms with E-state index < -0.39 is 6.10 Å². The number of rotatable bonds is 4. The molecule has 28 heavy (non-hydrogen) atoms. The number of aromatic nitrogens is 2. The van der Waals surface area contributed by atoms with Crippen LogP contribution in [0.2, 0.25) is 0 Å². The third-order valence-electron chi connectivity index (χ3n) is 4.97. The minimum Gasteiger partial charge on any atom is -0.378 e. The molecule has 0 radical (unpaired) electrons. The third-order valence-corrected chi connectivity index (χ3v) is 4.97. The van der Waals surface area contributed by atoms with Crippen LogP contribution in [0.4, 0.5) is 4.39 Å². The van der Waals surface area contributed by atoms with Crippen molar-refractivity contribution in [2.45, 2.75) is 24.9 Å². The van der Waals surface area contributed by atoms with Crippen LogP contribution >= 0.6 is 0 Å². The molecule has 0 unspecified atom stereocenters. The molecule has 0 saturated carbocycles. The molecule has 1 aliphatic rings. The van der Waals surface area contributed by atoms with E-state index in [1.807, 2.05) is 18.2 Å². The molecule has 1 aliphatic heterocycles. The maximum Gasteiger partial charge on any atom is 0.260 e. The molecule has 4 rings (SSSR count). The van der Waals surface area contributed by atoms with Gasteiger partial charge in [-0.15, -0.1) is 0 Å². The Kier molecular flexibility index (Phi) is 5.16. The van der Waals surface area contributed by atoms with Crippen LogP contribution in [0.1, 0.15) is 52.5 Å². The molecule has 0 aliphatic carbocycles. The van der Waals surface area contributed by atoms with Gasteiger partial charge in [-0.05, 0) is 42.7 Å². The fourth-order valence-electron chi connectivity index (χ4n) is 3.45. The molecule has 2 heterocycles. The number of hydrogen-bond donors (Lipinski definition) is 1. The van der Waals surface area contributed by atoms with E-state index in [0.717, 1.165) is 12.8 Å². The first-order chi connectivity index (χ1) is 13.6. The number of benzene rings is 2. The lowest BCUT2D eigenvalue weighted by atomic mass is 9.96. The van der Waals surface area contributed by atoms with Crippen LogP contribution in [-0.4, -0.2) is 39.1 Å². The van der Waals surface area contributed by atoms with E-state index >= 15 is 0 Å². The highest BCUT2D eigenvalue weighted by atomic mass is 19.1. The number of carbonyl (C=O) groups excluding carboxylic acids is 1. The number of amides is 1. The summed E-state index contributed by atoms with van der Waals surface area (Å²) in [5.74, 6) is 0.0468. The molecule has 6 nitrogen and oxygen atoms in total. The van der Waals surface area contributed by atoms with Gasteiger partial charge in [-0.2, -0.15) is 4.98 Å². The van der Waals surface area contributed by atoms with Crippen LogP contribution in [-0.2, 0) is 0 Å². The number of halogens is 1. The largest absolute Gasteiger partial charge is 0.378 e. The average molecular weight is 381 g/mol. The van der Waals surface area contributed by atoms with Crippen LogP contribution in [0.15, 0.2) is 59.1 Å². The Labute approximate surface area is 161 Å². The molecular weight excluding hydrogens is 361 g/mol. The highest BCUT2D eigenvalue weighted by molar-refractivity contribution is 5.94. The van der Waals surface area contributed by atoms with Gasteiger partial charge in [0.05, 0.1) is 0 Å². The normalized spacial score (nSPS) is 18.1. The number of likely N-dealkylation sites (tertiary alicyclic amines) is 1. The lowest BCUT2D eigenvalue weighted by Crippen LogP contribution is -2.39. The number of hydrogen-bond acceptors (Lipinski definition) is 5. The minimum atomic E-state index is -0.983. The second kappa shape index (κ2) is 7.90. The number of nitrogens with zero attached hydrogens (tertiary/aromatic N) is 3. The Bertz CT molecular complexity index is 943. The van der Waals surface area contributed by atoms with Crippen LogP contribution in [0.25, 0.3) is 0 Å². The third kappa shape index (κ3) is 3.80. The summed E-state index contributed by atoms with van der Waals surface area (Å²) in [6.45, 7) is 1.08. The van der Waals surface area contributed by atoms with Gasteiger partial charge in [-0.1, -0.05) is 35.5 Å². The molecule has 7 heteroatoms. The average Bonchev–Trinajstić information content (AvgIpc) is 3.24. The Balaban J connectivity index is 1.47. The Morgan fingerprint density at radius 2 is 1.93 bits per heavy atom. The second-order valence-corrected chi connectivity index (χ2v) is 6.90. The number of aliphatic hydroxyl groups excluding tert-OH is 1. The summed E-state index contributed by atoms with van der Waals surface area (Å²) >= 11 is 0. The molecule has 1 fully saturated rings. The van der Waals surface area contributed by atoms with E-state index in [4.69, 9.17) is 4.52 Å². The van der Waals surface area contributed by atoms with E-state index in [1.54, 1.807) is 17.0 Å². The van der Waals surface area contributed by atoms with Gasteiger partial charge in [0.15, 0.2) is 11.9 Å². The number of carbonyl (C=O) groups is 1. The van der Waals surface area contributed by atoms with E-state index in [9.17, 15) is 14.3 Å². The van der Waals surface area contributed by atoms with Gasteiger partial charge in [0.1, 0.15) is 5.82 Å². The summed E-state index contributed by atoms with van der Waals surface area (Å²) < 4.78 is 18.4. The van der Waals surface area contributed by atoms with Gasteiger partial charge in [-0.3, -0.25) is 4.79 Å². The number of piperidine rings is 1. The highest BCUT2D eigenvalue weighted by Crippen LogP contribution is 2.28. The summed E-state index contributed by atoms with van der Waals surface area (Å²) in [5, 5.41) is 14.5. The van der Waals surface area contributed by atoms with Crippen LogP contribution in [0.3, 0.4) is 0 Å². The Morgan fingerprint density at radius 1 is 1.18 bits per heavy atom. The molecular formula is C21H20FN3O3. The summed E-state index contributed by atoms with van der Waals surface area (Å²) in [7, 11) is 0. The molecule has 1 amide bonds. The van der Waals surface area contributed by atoms with Gasteiger partial charge in [0.25, 0.3) is 11.8 Å². The van der Waals surface area contributed by atoms with Crippen LogP contribution in [0, 0.1) is 5.82 Å². The van der Waals surface area contributed by atoms with Crippen molar-refractivity contribution in [3.8, 4) is 0 Å². The summed E-state index contributed by atoms with van der Waals surface area (Å²) in [4.78, 5) is 18.8. The predicted octanol–water partition coefficient (Wildman–Crippen LogP) is 3.31. The van der Waals surface area contributed by atoms with Crippen molar-refractivity contribution >= 4 is 5.91 Å². The van der Waals surface area contributed by atoms with Crippen molar-refractivity contribution in [1.29, 1.82) is 0 Å². The zero-order valence-electron chi connectivity index (χ0n) is 15.2. The molecule has 144 valence electrons. The molecule has 0 spiro atoms. The molecule has 1 saturated heterocycles. The minimum absolute atomic E-state index is 0.0707. The van der Waals surface area contributed by atoms with Gasteiger partial charge >= 0.3 is 0 Å². The maximum atomic E-state index is 13.1. The lowest BCUT2D eigenvalue weighted by Gasteiger charge is -2.31. The molecule has 2 atom stereocenters. The SMILES string of the molecule is O=C(c1ccc(F)cc1)N1CCC[C@H](c2noc([C@@H](O)c3ccccc3)n2)C1. The molecule has 0 bridgehead atoms. The highest BCUT2D eigenvalue weighted by Gasteiger charge is 2.29. The summed E-state index contributed by atoms with van der Waals surface area (Å²) in [6.07, 6.45) is 0.652. The summed E-state index contributed by atoms with van der Waals surface area (Å²) in [6, 6.07) is 14.6. The monoisotopic (exact) mass is 381 g/mol. The zero-order valence-corrected chi connectivity index (χ0v) is 15.2. The standard InChI is InChI=1S/C21H20FN3O3/c22-17-10-8-15(9-11-17)21(27)25-12-4-7-16(13-25)19-23-20(28-24-19)18(26)14-5-2-1-3-6-14/h1-3,5-6,8-11,16,18,26H,4,7,12-13H2/t16-,18-/m0/s1. The molecule has 1 aromatic heterocycles. The van der Waals surface area contributed by atoms with E-state index in [1.165, 1.54) is 24.3 Å². The zero-order chi connectivity index (χ0) is 19.5. The fraction of sp³-hybridized carbons (Fsp3) is 0.286. The van der Waals surface area contributed by atoms with Crippen molar-refractivity contribution in [1.82, 2.24) is 15.0 Å². The van der Waals surface area contributed by atoms with Crippen molar-refractivity contribution in [2.75, 3.05) is 13.1 Å². The van der Waals surface area contributed by atoms with Gasteiger partial charge in [0.2, 0.25) is 0 Å². The second-order valence-electron chi connectivity index (χ2n) is 6.90. The molecule has 3 aromatic rings. The fourth-order valence-corrected chi connectivity index (χ4v) is 3.45. The van der Waals surface area contributed by atoms with Crippen LogP contribution in [0.5, 0.6) is 0 Å². The van der Waals surface area contributed by atoms with E-state index in [-0.39, 0.29) is 23.5 Å². The van der Waals surface area contributed by atoms with E-state index in [0.29, 0.717) is 30.0 Å². The first-order valence-corrected chi connectivity index (χ1v) is 9.23. The van der Waals surface area contributed by atoms with E-state index in [2.05, 4.69) is 10.1 Å². The number of aliphatic hydroxyl groups is 1. The quantitative estimate of drug-likeness (QED) is 0.750. The van der Waals surface area contributed by atoms with Gasteiger partial charge in [0, 0.05) is 24.6 Å². The first kappa shape index (κ1) is 18.3. The first-order valence-electron chi connectivity index (χ1n) is 9.23. The smallest absolute Gasteiger partial charge is 0.260 e. The summed E-state index contributed by atoms with van der Waals surface area (Å²) in [5.41, 5.74) is 1.13. The maximum absolute atomic E-state index is 13.1.